The summed E-state index contributed by atoms with van der Waals surface area (Å²) in [6, 6.07) is 146. The highest BCUT2D eigenvalue weighted by Gasteiger charge is 2.29. The molecule has 0 N–H and O–H groups in total. The van der Waals surface area contributed by atoms with Crippen molar-refractivity contribution in [1.82, 2.24) is 19.1 Å². The van der Waals surface area contributed by atoms with Crippen molar-refractivity contribution in [2.75, 3.05) is 9.80 Å². The minimum Gasteiger partial charge on any atom is -0.311 e. The van der Waals surface area contributed by atoms with Crippen LogP contribution in [0.5, 0.6) is 0 Å². The van der Waals surface area contributed by atoms with Crippen LogP contribution >= 0.6 is 0 Å². The van der Waals surface area contributed by atoms with Gasteiger partial charge in [-0.2, -0.15) is 0 Å². The van der Waals surface area contributed by atoms with Crippen molar-refractivity contribution in [3.05, 3.63) is 400 Å². The van der Waals surface area contributed by atoms with Gasteiger partial charge in [-0.1, -0.05) is 267 Å². The number of rotatable bonds is 15. The number of nitrogens with zero attached hydrogens (tertiary/aromatic N) is 6. The number of para-hydroxylation sites is 10. The zero-order valence-corrected chi connectivity index (χ0v) is 58.8. The van der Waals surface area contributed by atoms with Crippen LogP contribution in [0.4, 0.5) is 34.1 Å². The molecule has 108 heavy (non-hydrogen) atoms. The van der Waals surface area contributed by atoms with Gasteiger partial charge in [0.05, 0.1) is 22.1 Å². The van der Waals surface area contributed by atoms with Crippen molar-refractivity contribution in [3.63, 3.8) is 0 Å². The fourth-order valence-electron chi connectivity index (χ4n) is 17.0. The maximum Gasteiger partial charge on any atom is 0.145 e. The van der Waals surface area contributed by atoms with Gasteiger partial charge in [-0.15, -0.1) is 0 Å². The summed E-state index contributed by atoms with van der Waals surface area (Å²) in [5.41, 5.74) is 26.3. The predicted molar refractivity (Wildman–Crippen MR) is 453 cm³/mol. The Hall–Kier alpha value is -14.5. The van der Waals surface area contributed by atoms with Gasteiger partial charge < -0.3 is 9.80 Å². The highest BCUT2D eigenvalue weighted by molar-refractivity contribution is 6.44. The van der Waals surface area contributed by atoms with Crippen LogP contribution in [-0.2, 0) is 0 Å². The maximum atomic E-state index is 5.32. The zero-order chi connectivity index (χ0) is 71.2. The molecule has 0 unspecified atom stereocenters. The van der Waals surface area contributed by atoms with Crippen molar-refractivity contribution < 1.29 is 0 Å². The normalized spacial score (nSPS) is 11.7. The summed E-state index contributed by atoms with van der Waals surface area (Å²) in [4.78, 5) is 15.3. The van der Waals surface area contributed by atoms with Crippen molar-refractivity contribution >= 4 is 110 Å². The Bertz CT molecular complexity index is 6810. The minimum absolute atomic E-state index is 0.898. The Balaban J connectivity index is 0.799. The third-order valence-corrected chi connectivity index (χ3v) is 21.8. The molecule has 0 aliphatic rings. The second kappa shape index (κ2) is 25.7. The molecule has 0 spiro atoms. The Morgan fingerprint density at radius 2 is 0.472 bits per heavy atom. The van der Waals surface area contributed by atoms with Crippen LogP contribution in [0.2, 0.25) is 0 Å². The summed E-state index contributed by atoms with van der Waals surface area (Å²) in [7, 11) is 0. The first-order valence-corrected chi connectivity index (χ1v) is 36.9. The average molecular weight is 1380 g/mol. The molecule has 2 aromatic heterocycles. The first kappa shape index (κ1) is 62.1. The van der Waals surface area contributed by atoms with Crippen LogP contribution in [0.15, 0.2) is 400 Å². The van der Waals surface area contributed by atoms with Gasteiger partial charge in [0.15, 0.2) is 0 Å². The molecule has 0 aliphatic heterocycles. The lowest BCUT2D eigenvalue weighted by Gasteiger charge is -2.27. The Morgan fingerprint density at radius 1 is 0.194 bits per heavy atom. The van der Waals surface area contributed by atoms with Gasteiger partial charge in [-0.3, -0.25) is 9.13 Å². The first-order valence-electron chi connectivity index (χ1n) is 36.9. The first-order chi connectivity index (χ1) is 53.6. The average Bonchev–Trinajstić information content (AvgIpc) is 0.786. The monoisotopic (exact) mass is 1370 g/mol. The molecule has 0 atom stereocenters. The molecule has 21 aromatic rings. The quantitative estimate of drug-likeness (QED) is 0.0758. The van der Waals surface area contributed by atoms with Gasteiger partial charge in [-0.05, 0) is 243 Å². The fraction of sp³-hybridized carbons (Fsp3) is 0. The number of benzene rings is 19. The molecule has 0 fully saturated rings. The highest BCUT2D eigenvalue weighted by atomic mass is 15.1. The summed E-state index contributed by atoms with van der Waals surface area (Å²) < 4.78 is 4.57. The summed E-state index contributed by atoms with van der Waals surface area (Å²) in [5.74, 6) is 1.80. The van der Waals surface area contributed by atoms with Crippen LogP contribution in [0.1, 0.15) is 0 Å². The molecule has 0 saturated carbocycles. The molecule has 2 heterocycles. The molecule has 6 heteroatoms. The summed E-state index contributed by atoms with van der Waals surface area (Å²) >= 11 is 0. The molecule has 21 rings (SSSR count). The number of imidazole rings is 2. The van der Waals surface area contributed by atoms with E-state index >= 15 is 0 Å². The molecular weight excluding hydrogens is 1310 g/mol. The van der Waals surface area contributed by atoms with Crippen LogP contribution in [0, 0.1) is 0 Å². The summed E-state index contributed by atoms with van der Waals surface area (Å²) in [6.07, 6.45) is 0. The maximum absolute atomic E-state index is 5.32. The number of aromatic nitrogens is 4. The molecule has 504 valence electrons. The van der Waals surface area contributed by atoms with E-state index in [1.165, 1.54) is 65.0 Å². The van der Waals surface area contributed by atoms with E-state index in [0.29, 0.717) is 0 Å². The van der Waals surface area contributed by atoms with Gasteiger partial charge in [0, 0.05) is 56.6 Å². The van der Waals surface area contributed by atoms with Gasteiger partial charge in [0.2, 0.25) is 0 Å². The van der Waals surface area contributed by atoms with E-state index in [-0.39, 0.29) is 0 Å². The number of hydrogen-bond acceptors (Lipinski definition) is 4. The van der Waals surface area contributed by atoms with Crippen molar-refractivity contribution in [2.45, 2.75) is 0 Å². The van der Waals surface area contributed by atoms with E-state index in [9.17, 15) is 0 Å². The molecule has 0 bridgehead atoms. The van der Waals surface area contributed by atoms with Crippen LogP contribution in [0.3, 0.4) is 0 Å². The summed E-state index contributed by atoms with van der Waals surface area (Å²) in [5, 5.41) is 12.2. The standard InChI is InChI=1S/C102H66N6/c1-7-25-75(26-8-1)105(76-27-9-2-10-28-76)81-61-57-68(58-62-81)67-45-51-71(52-46-67)95-85-39-23-37-83-88(70-49-55-74(56-50-70)102-104-92-42-20-22-44-94(92)108(102)80-35-17-6-18-36-80)66-90-96(72-59-63-82(64-60-72)106(77-29-11-3-12-30-77)78-31-13-4-14-32-78)86-40-24-38-84-87(65-89(95)99(98(84)86)100(90)97(83)85)69-47-53-73(54-48-69)101-103-91-41-19-21-43-93(91)107(101)79-33-15-5-16-34-79/h1-66H. The van der Waals surface area contributed by atoms with Crippen molar-refractivity contribution in [2.24, 2.45) is 0 Å². The van der Waals surface area contributed by atoms with E-state index in [1.54, 1.807) is 0 Å². The van der Waals surface area contributed by atoms with Crippen LogP contribution < -0.4 is 9.80 Å². The third kappa shape index (κ3) is 10.3. The van der Waals surface area contributed by atoms with Crippen LogP contribution in [0.25, 0.3) is 166 Å². The molecule has 19 aromatic carbocycles. The molecular formula is C102H66N6. The van der Waals surface area contributed by atoms with E-state index < -0.39 is 0 Å². The molecule has 0 amide bonds. The second-order valence-electron chi connectivity index (χ2n) is 27.9. The fourth-order valence-corrected chi connectivity index (χ4v) is 17.0. The van der Waals surface area contributed by atoms with Gasteiger partial charge in [0.25, 0.3) is 0 Å². The van der Waals surface area contributed by atoms with Gasteiger partial charge in [0.1, 0.15) is 11.6 Å². The SMILES string of the molecule is c1ccc(N(c2ccccc2)c2ccc(-c3ccc(-c4c5cccc6c(-c7ccc(-c8nc9ccccc9n8-c8ccccc8)cc7)cc7c(-c8ccc(N(c9ccccc9)c9ccccc9)cc8)c8cccc9c(-c%10ccc(-c%11nc%12ccccc%12n%11-c%11ccccc%11)cc%10)cc4c(c98)c7c65)cc3)cc2)cc1. The Morgan fingerprint density at radius 3 is 0.843 bits per heavy atom. The lowest BCUT2D eigenvalue weighted by Crippen LogP contribution is -2.09. The van der Waals surface area contributed by atoms with Crippen molar-refractivity contribution in [3.8, 4) is 89.8 Å². The van der Waals surface area contributed by atoms with Crippen LogP contribution in [-0.4, -0.2) is 19.1 Å². The molecule has 0 saturated heterocycles. The third-order valence-electron chi connectivity index (χ3n) is 21.8. The largest absolute Gasteiger partial charge is 0.311 e. The van der Waals surface area contributed by atoms with E-state index in [1.807, 2.05) is 0 Å². The molecule has 6 nitrogen and oxygen atoms in total. The topological polar surface area (TPSA) is 42.1 Å². The van der Waals surface area contributed by atoms with Crippen molar-refractivity contribution in [1.29, 1.82) is 0 Å². The number of hydrogen-bond donors (Lipinski definition) is 0. The van der Waals surface area contributed by atoms with E-state index in [4.69, 9.17) is 9.97 Å². The zero-order valence-electron chi connectivity index (χ0n) is 58.8. The highest BCUT2D eigenvalue weighted by Crippen LogP contribution is 2.56. The van der Waals surface area contributed by atoms with Gasteiger partial charge in [-0.25, -0.2) is 9.97 Å². The number of anilines is 6. The minimum atomic E-state index is 0.898. The molecule has 0 radical (unpaired) electrons. The lowest BCUT2D eigenvalue weighted by atomic mass is 9.77. The van der Waals surface area contributed by atoms with E-state index in [0.717, 1.165) is 135 Å². The lowest BCUT2D eigenvalue weighted by molar-refractivity contribution is 1.10. The smallest absolute Gasteiger partial charge is 0.145 e. The molecule has 0 aliphatic carbocycles. The predicted octanol–water partition coefficient (Wildman–Crippen LogP) is 27.6. The Labute approximate surface area is 625 Å². The van der Waals surface area contributed by atoms with E-state index in [2.05, 4.69) is 419 Å². The second-order valence-corrected chi connectivity index (χ2v) is 27.9. The summed E-state index contributed by atoms with van der Waals surface area (Å²) in [6.45, 7) is 0. The van der Waals surface area contributed by atoms with Gasteiger partial charge >= 0.3 is 0 Å². The number of fused-ring (bicyclic) bond motifs is 2. The Kier molecular flexibility index (Phi) is 14.8.